The van der Waals surface area contributed by atoms with Crippen LogP contribution in [-0.2, 0) is 18.3 Å². The first-order valence-corrected chi connectivity index (χ1v) is 10.4. The van der Waals surface area contributed by atoms with Crippen LogP contribution in [0.15, 0.2) is 53.5 Å². The van der Waals surface area contributed by atoms with Gasteiger partial charge in [-0.1, -0.05) is 36.8 Å². The third-order valence-electron chi connectivity index (χ3n) is 6.12. The molecule has 2 aliphatic rings. The molecule has 0 spiro atoms. The lowest BCUT2D eigenvalue weighted by atomic mass is 9.97. The summed E-state index contributed by atoms with van der Waals surface area (Å²) < 4.78 is 1.44. The molecule has 3 atom stereocenters. The molecule has 1 N–H and O–H groups in total. The van der Waals surface area contributed by atoms with Crippen LogP contribution in [0.3, 0.4) is 0 Å². The van der Waals surface area contributed by atoms with E-state index in [-0.39, 0.29) is 35.5 Å². The van der Waals surface area contributed by atoms with E-state index >= 15 is 0 Å². The van der Waals surface area contributed by atoms with Gasteiger partial charge in [0.05, 0.1) is 17.6 Å². The Bertz CT molecular complexity index is 953. The number of amides is 2. The topological polar surface area (TPSA) is 71.4 Å². The van der Waals surface area contributed by atoms with Crippen LogP contribution in [0.2, 0.25) is 0 Å². The molecule has 4 rings (SSSR count). The van der Waals surface area contributed by atoms with Crippen molar-refractivity contribution in [2.45, 2.75) is 56.7 Å². The van der Waals surface area contributed by atoms with Gasteiger partial charge in [-0.25, -0.2) is 0 Å². The van der Waals surface area contributed by atoms with Crippen LogP contribution in [0.1, 0.15) is 48.0 Å². The minimum Gasteiger partial charge on any atom is -0.351 e. The number of benzene rings is 1. The predicted octanol–water partition coefficient (Wildman–Crippen LogP) is 2.27. The van der Waals surface area contributed by atoms with Crippen molar-refractivity contribution in [1.29, 1.82) is 0 Å². The maximum Gasteiger partial charge on any atom is 0.255 e. The maximum atomic E-state index is 13.5. The molecular weight excluding hydrogens is 366 g/mol. The van der Waals surface area contributed by atoms with Gasteiger partial charge >= 0.3 is 0 Å². The van der Waals surface area contributed by atoms with Crippen LogP contribution in [0.4, 0.5) is 0 Å². The molecule has 0 aliphatic carbocycles. The van der Waals surface area contributed by atoms with Gasteiger partial charge in [0.25, 0.3) is 5.91 Å². The van der Waals surface area contributed by atoms with Crippen molar-refractivity contribution < 1.29 is 9.59 Å². The lowest BCUT2D eigenvalue weighted by molar-refractivity contribution is -0.122. The molecule has 6 heteroatoms. The van der Waals surface area contributed by atoms with Crippen molar-refractivity contribution in [2.75, 3.05) is 0 Å². The van der Waals surface area contributed by atoms with E-state index < -0.39 is 0 Å². The highest BCUT2D eigenvalue weighted by atomic mass is 16.2. The fraction of sp³-hybridized carbons (Fsp3) is 0.435. The third kappa shape index (κ3) is 4.11. The highest BCUT2D eigenvalue weighted by molar-refractivity contribution is 5.94. The summed E-state index contributed by atoms with van der Waals surface area (Å²) in [6, 6.07) is 13.2. The number of aromatic nitrogens is 1. The number of pyridine rings is 1. The molecule has 2 aromatic rings. The standard InChI is InChI=1S/C23H27N3O3/c1-25-15-17(11-12-22(25)28)23(29)26-18(13-16-7-3-2-4-8-16)14-19-20(26)9-5-6-10-21(27)24-19/h2-4,7-8,11-12,15,18-20H,5-6,9-10,13-14H2,1H3,(H,24,27)/t18-,19+,20-/m1/s1. The minimum absolute atomic E-state index is 0.00975. The first kappa shape index (κ1) is 19.4. The van der Waals surface area contributed by atoms with Gasteiger partial charge in [-0.2, -0.15) is 0 Å². The molecule has 0 bridgehead atoms. The van der Waals surface area contributed by atoms with Crippen molar-refractivity contribution in [3.8, 4) is 0 Å². The highest BCUT2D eigenvalue weighted by Gasteiger charge is 2.44. The second kappa shape index (κ2) is 8.23. The number of fused-ring (bicyclic) bond motifs is 1. The Labute approximate surface area is 170 Å². The molecule has 2 amide bonds. The Morgan fingerprint density at radius 1 is 1.10 bits per heavy atom. The third-order valence-corrected chi connectivity index (χ3v) is 6.12. The molecular formula is C23H27N3O3. The van der Waals surface area contributed by atoms with E-state index in [4.69, 9.17) is 0 Å². The van der Waals surface area contributed by atoms with E-state index in [1.165, 1.54) is 16.2 Å². The van der Waals surface area contributed by atoms with E-state index in [9.17, 15) is 14.4 Å². The molecule has 29 heavy (non-hydrogen) atoms. The molecule has 6 nitrogen and oxygen atoms in total. The number of carbonyl (C=O) groups is 2. The van der Waals surface area contributed by atoms with Crippen LogP contribution in [-0.4, -0.2) is 39.4 Å². The van der Waals surface area contributed by atoms with Gasteiger partial charge in [-0.15, -0.1) is 0 Å². The zero-order valence-corrected chi connectivity index (χ0v) is 16.7. The van der Waals surface area contributed by atoms with Gasteiger partial charge in [0.15, 0.2) is 0 Å². The molecule has 0 unspecified atom stereocenters. The van der Waals surface area contributed by atoms with E-state index in [0.29, 0.717) is 12.0 Å². The summed E-state index contributed by atoms with van der Waals surface area (Å²) in [7, 11) is 1.66. The Hall–Kier alpha value is -2.89. The minimum atomic E-state index is -0.139. The fourth-order valence-electron chi connectivity index (χ4n) is 4.70. The maximum absolute atomic E-state index is 13.5. The first-order chi connectivity index (χ1) is 14.0. The molecule has 2 saturated heterocycles. The van der Waals surface area contributed by atoms with Gasteiger partial charge in [0.2, 0.25) is 11.5 Å². The number of hydrogen-bond acceptors (Lipinski definition) is 3. The van der Waals surface area contributed by atoms with Crippen molar-refractivity contribution in [3.05, 3.63) is 70.1 Å². The van der Waals surface area contributed by atoms with Crippen molar-refractivity contribution in [1.82, 2.24) is 14.8 Å². The molecule has 0 radical (unpaired) electrons. The molecule has 2 aliphatic heterocycles. The van der Waals surface area contributed by atoms with Gasteiger partial charge in [-0.3, -0.25) is 14.4 Å². The monoisotopic (exact) mass is 393 g/mol. The molecule has 3 heterocycles. The number of rotatable bonds is 3. The molecule has 0 saturated carbocycles. The average molecular weight is 393 g/mol. The average Bonchev–Trinajstić information content (AvgIpc) is 3.01. The summed E-state index contributed by atoms with van der Waals surface area (Å²) in [5.41, 5.74) is 1.55. The van der Waals surface area contributed by atoms with Crippen LogP contribution < -0.4 is 10.9 Å². The zero-order valence-electron chi connectivity index (χ0n) is 16.7. The lowest BCUT2D eigenvalue weighted by Crippen LogP contribution is -2.49. The number of aryl methyl sites for hydroxylation is 1. The summed E-state index contributed by atoms with van der Waals surface area (Å²) in [6.07, 6.45) is 6.34. The lowest BCUT2D eigenvalue weighted by Gasteiger charge is -2.33. The van der Waals surface area contributed by atoms with Crippen molar-refractivity contribution in [2.24, 2.45) is 7.05 Å². The van der Waals surface area contributed by atoms with Crippen LogP contribution in [0.25, 0.3) is 0 Å². The Morgan fingerprint density at radius 3 is 2.66 bits per heavy atom. The Balaban J connectivity index is 1.67. The molecule has 2 fully saturated rings. The van der Waals surface area contributed by atoms with E-state index in [2.05, 4.69) is 17.4 Å². The van der Waals surface area contributed by atoms with Crippen LogP contribution >= 0.6 is 0 Å². The van der Waals surface area contributed by atoms with Crippen LogP contribution in [0, 0.1) is 0 Å². The van der Waals surface area contributed by atoms with E-state index in [1.807, 2.05) is 23.1 Å². The van der Waals surface area contributed by atoms with Gasteiger partial charge in [0, 0.05) is 31.8 Å². The summed E-state index contributed by atoms with van der Waals surface area (Å²) in [4.78, 5) is 39.5. The summed E-state index contributed by atoms with van der Waals surface area (Å²) in [5, 5.41) is 3.17. The summed E-state index contributed by atoms with van der Waals surface area (Å²) in [6.45, 7) is 0. The molecule has 152 valence electrons. The Kier molecular flexibility index (Phi) is 5.51. The number of nitrogens with one attached hydrogen (secondary N) is 1. The first-order valence-electron chi connectivity index (χ1n) is 10.4. The van der Waals surface area contributed by atoms with Crippen molar-refractivity contribution in [3.63, 3.8) is 0 Å². The van der Waals surface area contributed by atoms with Gasteiger partial charge < -0.3 is 14.8 Å². The predicted molar refractivity (Wildman–Crippen MR) is 111 cm³/mol. The van der Waals surface area contributed by atoms with E-state index in [0.717, 1.165) is 32.1 Å². The smallest absolute Gasteiger partial charge is 0.255 e. The van der Waals surface area contributed by atoms with E-state index in [1.54, 1.807) is 19.3 Å². The number of nitrogens with zero attached hydrogens (tertiary/aromatic N) is 2. The van der Waals surface area contributed by atoms with Gasteiger partial charge in [0.1, 0.15) is 0 Å². The fourth-order valence-corrected chi connectivity index (χ4v) is 4.70. The number of carbonyl (C=O) groups excluding carboxylic acids is 2. The zero-order chi connectivity index (χ0) is 20.4. The summed E-state index contributed by atoms with van der Waals surface area (Å²) >= 11 is 0. The largest absolute Gasteiger partial charge is 0.351 e. The summed E-state index contributed by atoms with van der Waals surface area (Å²) in [5.74, 6) is 0.0124. The van der Waals surface area contributed by atoms with Crippen LogP contribution in [0.5, 0.6) is 0 Å². The van der Waals surface area contributed by atoms with Crippen molar-refractivity contribution >= 4 is 11.8 Å². The normalized spacial score (nSPS) is 24.4. The quantitative estimate of drug-likeness (QED) is 0.870. The number of likely N-dealkylation sites (tertiary alicyclic amines) is 1. The highest BCUT2D eigenvalue weighted by Crippen LogP contribution is 2.33. The van der Waals surface area contributed by atoms with Gasteiger partial charge in [-0.05, 0) is 37.3 Å². The number of hydrogen-bond donors (Lipinski definition) is 1. The second-order valence-corrected chi connectivity index (χ2v) is 8.15. The Morgan fingerprint density at radius 2 is 1.90 bits per heavy atom. The second-order valence-electron chi connectivity index (χ2n) is 8.15. The molecule has 1 aromatic heterocycles. The SMILES string of the molecule is Cn1cc(C(=O)N2[C@H](Cc3ccccc3)C[C@@H]3NC(=O)CCCC[C@H]32)ccc1=O. The molecule has 1 aromatic carbocycles.